The smallest absolute Gasteiger partial charge is 0.327 e. The van der Waals surface area contributed by atoms with E-state index in [1.54, 1.807) is 0 Å². The van der Waals surface area contributed by atoms with E-state index in [0.717, 1.165) is 4.57 Å². The fraction of sp³-hybridized carbons (Fsp3) is 0.214. The van der Waals surface area contributed by atoms with Gasteiger partial charge in [-0.15, -0.1) is 0 Å². The molecule has 1 unspecified atom stereocenters. The highest BCUT2D eigenvalue weighted by Gasteiger charge is 2.31. The fourth-order valence-electron chi connectivity index (χ4n) is 2.57. The molecule has 120 valence electrons. The number of aromatic nitrogens is 2. The predicted octanol–water partition coefficient (Wildman–Crippen LogP) is 1.21. The van der Waals surface area contributed by atoms with E-state index in [2.05, 4.69) is 26.6 Å². The number of nitrogens with one attached hydrogen (secondary N) is 2. The third kappa shape index (κ3) is 2.37. The van der Waals surface area contributed by atoms with E-state index in [0.29, 0.717) is 5.56 Å². The van der Waals surface area contributed by atoms with E-state index < -0.39 is 29.1 Å². The van der Waals surface area contributed by atoms with Gasteiger partial charge in [0.15, 0.2) is 0 Å². The van der Waals surface area contributed by atoms with E-state index >= 15 is 0 Å². The van der Waals surface area contributed by atoms with Gasteiger partial charge in [-0.25, -0.2) is 14.0 Å². The summed E-state index contributed by atoms with van der Waals surface area (Å²) >= 11 is 3.08. The lowest BCUT2D eigenvalue weighted by molar-refractivity contribution is 0.248. The maximum atomic E-state index is 13.4. The van der Waals surface area contributed by atoms with Gasteiger partial charge >= 0.3 is 11.7 Å². The Hall–Kier alpha value is -2.42. The minimum Gasteiger partial charge on any atom is -0.327 e. The molecule has 2 aromatic rings. The Labute approximate surface area is 137 Å². The van der Waals surface area contributed by atoms with Crippen molar-refractivity contribution in [1.82, 2.24) is 14.5 Å². The second-order valence-electron chi connectivity index (χ2n) is 5.17. The lowest BCUT2D eigenvalue weighted by Gasteiger charge is -2.28. The number of anilines is 1. The van der Waals surface area contributed by atoms with Crippen LogP contribution in [0.3, 0.4) is 0 Å². The zero-order valence-corrected chi connectivity index (χ0v) is 13.8. The topological polar surface area (TPSA) is 85.1 Å². The summed E-state index contributed by atoms with van der Waals surface area (Å²) in [5, 5.41) is 5.10. The summed E-state index contributed by atoms with van der Waals surface area (Å²) in [7, 11) is 2.82. The van der Waals surface area contributed by atoms with Crippen molar-refractivity contribution < 1.29 is 9.18 Å². The highest BCUT2D eigenvalue weighted by atomic mass is 79.9. The molecule has 1 aromatic carbocycles. The molecule has 1 aromatic heterocycles. The van der Waals surface area contributed by atoms with Crippen LogP contribution in [0.2, 0.25) is 0 Å². The number of rotatable bonds is 1. The molecule has 1 aliphatic heterocycles. The van der Waals surface area contributed by atoms with Crippen molar-refractivity contribution in [3.63, 3.8) is 0 Å². The van der Waals surface area contributed by atoms with Crippen LogP contribution in [-0.2, 0) is 14.1 Å². The van der Waals surface area contributed by atoms with Crippen LogP contribution in [0.5, 0.6) is 0 Å². The van der Waals surface area contributed by atoms with E-state index in [4.69, 9.17) is 0 Å². The first-order valence-corrected chi connectivity index (χ1v) is 7.43. The summed E-state index contributed by atoms with van der Waals surface area (Å²) in [4.78, 5) is 36.4. The number of hydrogen-bond donors (Lipinski definition) is 2. The van der Waals surface area contributed by atoms with Crippen LogP contribution in [0, 0.1) is 5.82 Å². The normalized spacial score (nSPS) is 16.5. The summed E-state index contributed by atoms with van der Waals surface area (Å²) in [6.07, 6.45) is 0. The van der Waals surface area contributed by atoms with Crippen LogP contribution >= 0.6 is 15.9 Å². The molecule has 9 heteroatoms. The molecule has 0 saturated carbocycles. The molecule has 0 aliphatic carbocycles. The quantitative estimate of drug-likeness (QED) is 0.777. The van der Waals surface area contributed by atoms with Gasteiger partial charge in [0.1, 0.15) is 11.6 Å². The standard InChI is InChI=1S/C14H12BrFN4O3/c1-19-11-9(12(21)20(2)14(19)23)10(17-13(22)18-11)6-3-4-8(16)7(15)5-6/h3-5,10H,1-2H3,(H2,17,18,22). The van der Waals surface area contributed by atoms with E-state index in [1.807, 2.05) is 0 Å². The third-order valence-corrected chi connectivity index (χ3v) is 4.38. The maximum Gasteiger partial charge on any atom is 0.332 e. The van der Waals surface area contributed by atoms with Gasteiger partial charge in [-0.2, -0.15) is 0 Å². The number of benzene rings is 1. The number of hydrogen-bond acceptors (Lipinski definition) is 3. The molecular formula is C14H12BrFN4O3. The Morgan fingerprint density at radius 1 is 1.17 bits per heavy atom. The predicted molar refractivity (Wildman–Crippen MR) is 85.0 cm³/mol. The molecule has 7 nitrogen and oxygen atoms in total. The molecule has 2 N–H and O–H groups in total. The largest absolute Gasteiger partial charge is 0.332 e. The van der Waals surface area contributed by atoms with E-state index in [9.17, 15) is 18.8 Å². The summed E-state index contributed by atoms with van der Waals surface area (Å²) in [5.74, 6) is -0.324. The molecule has 0 fully saturated rings. The molecule has 0 bridgehead atoms. The Bertz CT molecular complexity index is 950. The van der Waals surface area contributed by atoms with Crippen LogP contribution in [0.15, 0.2) is 32.3 Å². The van der Waals surface area contributed by atoms with Gasteiger partial charge in [-0.1, -0.05) is 6.07 Å². The van der Waals surface area contributed by atoms with Gasteiger partial charge < -0.3 is 5.32 Å². The Morgan fingerprint density at radius 3 is 2.52 bits per heavy atom. The second-order valence-corrected chi connectivity index (χ2v) is 6.03. The SMILES string of the molecule is Cn1c2c(c(=O)n(C)c1=O)C(c1ccc(F)c(Br)c1)NC(=O)N2. The number of fused-ring (bicyclic) bond motifs is 1. The third-order valence-electron chi connectivity index (χ3n) is 3.77. The minimum absolute atomic E-state index is 0.132. The van der Waals surface area contributed by atoms with Crippen LogP contribution in [0.4, 0.5) is 15.0 Å². The molecule has 0 spiro atoms. The molecule has 3 rings (SSSR count). The Balaban J connectivity index is 2.31. The number of urea groups is 1. The van der Waals surface area contributed by atoms with Gasteiger partial charge in [0.25, 0.3) is 5.56 Å². The van der Waals surface area contributed by atoms with Crippen LogP contribution in [-0.4, -0.2) is 15.2 Å². The van der Waals surface area contributed by atoms with Gasteiger partial charge in [-0.05, 0) is 33.6 Å². The maximum absolute atomic E-state index is 13.4. The fourth-order valence-corrected chi connectivity index (χ4v) is 2.97. The molecular weight excluding hydrogens is 371 g/mol. The number of carbonyl (C=O) groups is 1. The zero-order valence-electron chi connectivity index (χ0n) is 12.2. The van der Waals surface area contributed by atoms with Crippen LogP contribution in [0.25, 0.3) is 0 Å². The lowest BCUT2D eigenvalue weighted by Crippen LogP contribution is -2.49. The van der Waals surface area contributed by atoms with Gasteiger partial charge in [0.2, 0.25) is 0 Å². The second kappa shape index (κ2) is 5.34. The number of nitrogens with zero attached hydrogens (tertiary/aromatic N) is 2. The van der Waals surface area contributed by atoms with Gasteiger partial charge in [0.05, 0.1) is 16.1 Å². The zero-order chi connectivity index (χ0) is 16.9. The van der Waals surface area contributed by atoms with Crippen molar-refractivity contribution in [3.05, 3.63) is 60.5 Å². The average Bonchev–Trinajstić information content (AvgIpc) is 2.52. The van der Waals surface area contributed by atoms with Crippen molar-refractivity contribution >= 4 is 27.8 Å². The molecule has 1 aliphatic rings. The number of amides is 2. The lowest BCUT2D eigenvalue weighted by atomic mass is 9.98. The summed E-state index contributed by atoms with van der Waals surface area (Å²) in [5.41, 5.74) is -0.339. The Kier molecular flexibility index (Phi) is 3.59. The first kappa shape index (κ1) is 15.5. The van der Waals surface area contributed by atoms with E-state index in [-0.39, 0.29) is 15.9 Å². The Morgan fingerprint density at radius 2 is 1.87 bits per heavy atom. The highest BCUT2D eigenvalue weighted by Crippen LogP contribution is 2.30. The minimum atomic E-state index is -0.791. The average molecular weight is 383 g/mol. The van der Waals surface area contributed by atoms with Crippen molar-refractivity contribution in [2.45, 2.75) is 6.04 Å². The molecule has 2 heterocycles. The molecule has 0 radical (unpaired) electrons. The summed E-state index contributed by atoms with van der Waals surface area (Å²) in [6.45, 7) is 0. The van der Waals surface area contributed by atoms with E-state index in [1.165, 1.54) is 36.9 Å². The molecule has 1 atom stereocenters. The first-order chi connectivity index (χ1) is 10.8. The van der Waals surface area contributed by atoms with Crippen molar-refractivity contribution in [2.24, 2.45) is 14.1 Å². The molecule has 0 saturated heterocycles. The van der Waals surface area contributed by atoms with Crippen LogP contribution < -0.4 is 21.9 Å². The molecule has 23 heavy (non-hydrogen) atoms. The van der Waals surface area contributed by atoms with Crippen molar-refractivity contribution in [3.8, 4) is 0 Å². The number of carbonyl (C=O) groups excluding carboxylic acids is 1. The summed E-state index contributed by atoms with van der Waals surface area (Å²) < 4.78 is 15.8. The monoisotopic (exact) mass is 382 g/mol. The van der Waals surface area contributed by atoms with Crippen molar-refractivity contribution in [1.29, 1.82) is 0 Å². The number of halogens is 2. The van der Waals surface area contributed by atoms with Gasteiger partial charge in [-0.3, -0.25) is 19.2 Å². The molecule has 2 amide bonds. The van der Waals surface area contributed by atoms with Gasteiger partial charge in [0, 0.05) is 14.1 Å². The van der Waals surface area contributed by atoms with Crippen molar-refractivity contribution in [2.75, 3.05) is 5.32 Å². The highest BCUT2D eigenvalue weighted by molar-refractivity contribution is 9.10. The summed E-state index contributed by atoms with van der Waals surface area (Å²) in [6, 6.07) is 2.86. The van der Waals surface area contributed by atoms with Crippen LogP contribution in [0.1, 0.15) is 17.2 Å². The first-order valence-electron chi connectivity index (χ1n) is 6.63.